The van der Waals surface area contributed by atoms with Crippen LogP contribution < -0.4 is 20.9 Å². The molecule has 33 heavy (non-hydrogen) atoms. The lowest BCUT2D eigenvalue weighted by molar-refractivity contribution is -0.106. The topological polar surface area (TPSA) is 95.6 Å². The van der Waals surface area contributed by atoms with Gasteiger partial charge >= 0.3 is 0 Å². The number of thiol groups is 1. The molecule has 0 fully saturated rings. The molecule has 0 amide bonds. The van der Waals surface area contributed by atoms with Crippen LogP contribution in [0.3, 0.4) is 0 Å². The minimum absolute atomic E-state index is 0.298. The molecule has 0 saturated heterocycles. The SMILES string of the molecule is CC=O.CC=O.CCCCCCCCN(CCCCCC)CCCNc1c(NS)c(=O)c1=O. The quantitative estimate of drug-likeness (QED) is 0.117. The highest BCUT2D eigenvalue weighted by Gasteiger charge is 2.19. The third-order valence-electron chi connectivity index (χ3n) is 5.13. The summed E-state index contributed by atoms with van der Waals surface area (Å²) in [7, 11) is 0. The molecule has 2 N–H and O–H groups in total. The highest BCUT2D eigenvalue weighted by atomic mass is 32.1. The second kappa shape index (κ2) is 25.0. The highest BCUT2D eigenvalue weighted by molar-refractivity contribution is 7.81. The van der Waals surface area contributed by atoms with Gasteiger partial charge in [-0.15, -0.1) is 0 Å². The predicted octanol–water partition coefficient (Wildman–Crippen LogP) is 4.99. The van der Waals surface area contributed by atoms with Gasteiger partial charge in [0.25, 0.3) is 10.9 Å². The Morgan fingerprint density at radius 1 is 0.697 bits per heavy atom. The summed E-state index contributed by atoms with van der Waals surface area (Å²) in [5, 5.41) is 3.09. The van der Waals surface area contributed by atoms with Gasteiger partial charge in [0.1, 0.15) is 23.9 Å². The zero-order chi connectivity index (χ0) is 25.3. The summed E-state index contributed by atoms with van der Waals surface area (Å²) in [4.78, 5) is 43.1. The van der Waals surface area contributed by atoms with E-state index in [1.54, 1.807) is 0 Å². The van der Waals surface area contributed by atoms with E-state index in [9.17, 15) is 9.59 Å². The van der Waals surface area contributed by atoms with Crippen LogP contribution in [0.1, 0.15) is 98.3 Å². The maximum Gasteiger partial charge on any atom is 0.254 e. The van der Waals surface area contributed by atoms with E-state index < -0.39 is 10.9 Å². The van der Waals surface area contributed by atoms with Crippen LogP contribution in [0.2, 0.25) is 0 Å². The minimum Gasteiger partial charge on any atom is -0.380 e. The van der Waals surface area contributed by atoms with E-state index in [4.69, 9.17) is 9.59 Å². The van der Waals surface area contributed by atoms with Crippen LogP contribution in [0.4, 0.5) is 11.4 Å². The molecule has 0 saturated carbocycles. The average molecular weight is 486 g/mol. The smallest absolute Gasteiger partial charge is 0.254 e. The maximum atomic E-state index is 11.6. The first-order valence-electron chi connectivity index (χ1n) is 12.5. The van der Waals surface area contributed by atoms with Crippen LogP contribution in [0.25, 0.3) is 0 Å². The van der Waals surface area contributed by atoms with Crippen molar-refractivity contribution in [2.45, 2.75) is 98.3 Å². The standard InChI is InChI=1S/C21H39N3O2S.2C2H4O/c1-3-5-7-9-10-12-16-24(15-11-8-6-4-2)17-13-14-22-18-19(23-27)21(26)20(18)25;2*1-2-3/h22-23,27H,3-17H2,1-2H3;2*2H,1H3. The number of rotatable bonds is 18. The van der Waals surface area contributed by atoms with Crippen LogP contribution >= 0.6 is 12.8 Å². The van der Waals surface area contributed by atoms with Gasteiger partial charge in [0.15, 0.2) is 0 Å². The van der Waals surface area contributed by atoms with E-state index in [1.165, 1.54) is 91.1 Å². The first kappa shape index (κ1) is 33.5. The molecular formula is C25H47N3O4S. The number of hydrogen-bond acceptors (Lipinski definition) is 8. The molecule has 1 aromatic rings. The summed E-state index contributed by atoms with van der Waals surface area (Å²) in [6.45, 7) is 11.5. The lowest BCUT2D eigenvalue weighted by atomic mass is 10.1. The van der Waals surface area contributed by atoms with E-state index in [0.29, 0.717) is 17.9 Å². The molecule has 0 bridgehead atoms. The summed E-state index contributed by atoms with van der Waals surface area (Å²) in [5.41, 5.74) is -0.226. The van der Waals surface area contributed by atoms with Gasteiger partial charge < -0.3 is 24.5 Å². The normalized spacial score (nSPS) is 10.1. The summed E-state index contributed by atoms with van der Waals surface area (Å²) in [6.07, 6.45) is 15.6. The monoisotopic (exact) mass is 485 g/mol. The van der Waals surface area contributed by atoms with E-state index in [1.807, 2.05) is 0 Å². The van der Waals surface area contributed by atoms with E-state index in [0.717, 1.165) is 25.5 Å². The Hall–Kier alpha value is -1.67. The Kier molecular flexibility index (Phi) is 25.3. The van der Waals surface area contributed by atoms with Crippen molar-refractivity contribution in [2.24, 2.45) is 0 Å². The molecule has 0 spiro atoms. The Morgan fingerprint density at radius 2 is 1.09 bits per heavy atom. The first-order valence-corrected chi connectivity index (χ1v) is 12.9. The van der Waals surface area contributed by atoms with Gasteiger partial charge in [0.05, 0.1) is 0 Å². The average Bonchev–Trinajstić information content (AvgIpc) is 2.80. The van der Waals surface area contributed by atoms with Gasteiger partial charge in [-0.05, 0) is 52.7 Å². The second-order valence-electron chi connectivity index (χ2n) is 7.94. The fraction of sp³-hybridized carbons (Fsp3) is 0.760. The van der Waals surface area contributed by atoms with E-state index >= 15 is 0 Å². The molecule has 7 nitrogen and oxygen atoms in total. The Bertz CT molecular complexity index is 654. The number of nitrogens with zero attached hydrogens (tertiary/aromatic N) is 1. The number of aldehydes is 2. The Labute approximate surface area is 206 Å². The molecule has 0 atom stereocenters. The molecule has 0 aliphatic carbocycles. The van der Waals surface area contributed by atoms with Crippen LogP contribution in [-0.2, 0) is 9.59 Å². The molecule has 8 heteroatoms. The van der Waals surface area contributed by atoms with Crippen molar-refractivity contribution in [1.29, 1.82) is 0 Å². The number of carbonyl (C=O) groups is 2. The van der Waals surface area contributed by atoms with Gasteiger partial charge in [-0.2, -0.15) is 0 Å². The van der Waals surface area contributed by atoms with Gasteiger partial charge in [-0.25, -0.2) is 0 Å². The molecular weight excluding hydrogens is 438 g/mol. The maximum absolute atomic E-state index is 11.6. The molecule has 0 heterocycles. The minimum atomic E-state index is -0.479. The van der Waals surface area contributed by atoms with Crippen molar-refractivity contribution in [3.05, 3.63) is 20.4 Å². The van der Waals surface area contributed by atoms with Crippen molar-refractivity contribution in [3.63, 3.8) is 0 Å². The molecule has 1 aromatic carbocycles. The molecule has 0 unspecified atom stereocenters. The van der Waals surface area contributed by atoms with Crippen LogP contribution in [-0.4, -0.2) is 43.7 Å². The van der Waals surface area contributed by atoms with Crippen molar-refractivity contribution in [1.82, 2.24) is 4.90 Å². The van der Waals surface area contributed by atoms with Gasteiger partial charge in [0, 0.05) is 6.54 Å². The van der Waals surface area contributed by atoms with E-state index in [-0.39, 0.29) is 0 Å². The van der Waals surface area contributed by atoms with Crippen LogP contribution in [0.15, 0.2) is 9.59 Å². The van der Waals surface area contributed by atoms with E-state index in [2.05, 4.69) is 41.6 Å². The van der Waals surface area contributed by atoms with Crippen molar-refractivity contribution < 1.29 is 9.59 Å². The summed E-state index contributed by atoms with van der Waals surface area (Å²) >= 11 is 3.88. The zero-order valence-corrected chi connectivity index (χ0v) is 22.2. The summed E-state index contributed by atoms with van der Waals surface area (Å²) in [5.74, 6) is 0. The second-order valence-corrected chi connectivity index (χ2v) is 8.17. The predicted molar refractivity (Wildman–Crippen MR) is 145 cm³/mol. The first-order chi connectivity index (χ1) is 16.0. The third kappa shape index (κ3) is 17.5. The number of hydrogen-bond donors (Lipinski definition) is 3. The Morgan fingerprint density at radius 3 is 1.58 bits per heavy atom. The lowest BCUT2D eigenvalue weighted by Gasteiger charge is -2.23. The largest absolute Gasteiger partial charge is 0.380 e. The number of unbranched alkanes of at least 4 members (excludes halogenated alkanes) is 8. The van der Waals surface area contributed by atoms with Gasteiger partial charge in [-0.3, -0.25) is 9.59 Å². The van der Waals surface area contributed by atoms with Crippen LogP contribution in [0, 0.1) is 0 Å². The molecule has 0 aliphatic rings. The number of carbonyl (C=O) groups excluding carboxylic acids is 2. The molecule has 1 rings (SSSR count). The van der Waals surface area contributed by atoms with Gasteiger partial charge in [-0.1, -0.05) is 78.0 Å². The van der Waals surface area contributed by atoms with Crippen molar-refractivity contribution in [3.8, 4) is 0 Å². The summed E-state index contributed by atoms with van der Waals surface area (Å²) in [6, 6.07) is 0. The molecule has 0 aromatic heterocycles. The fourth-order valence-corrected chi connectivity index (χ4v) is 3.61. The molecule has 192 valence electrons. The molecule has 0 radical (unpaired) electrons. The summed E-state index contributed by atoms with van der Waals surface area (Å²) < 4.78 is 2.50. The van der Waals surface area contributed by atoms with Crippen LogP contribution in [0.5, 0.6) is 0 Å². The Balaban J connectivity index is 0. The molecule has 0 aliphatic heterocycles. The van der Waals surface area contributed by atoms with Crippen molar-refractivity contribution in [2.75, 3.05) is 36.2 Å². The highest BCUT2D eigenvalue weighted by Crippen LogP contribution is 2.14. The fourth-order valence-electron chi connectivity index (χ4n) is 3.40. The third-order valence-corrected chi connectivity index (χ3v) is 5.35. The van der Waals surface area contributed by atoms with Crippen molar-refractivity contribution >= 4 is 36.8 Å². The van der Waals surface area contributed by atoms with Gasteiger partial charge in [0.2, 0.25) is 0 Å². The lowest BCUT2D eigenvalue weighted by Crippen LogP contribution is -2.36. The number of nitrogens with one attached hydrogen (secondary N) is 2. The zero-order valence-electron chi connectivity index (χ0n) is 21.3. The number of anilines is 2.